The van der Waals surface area contributed by atoms with Gasteiger partial charge in [0.1, 0.15) is 5.75 Å². The summed E-state index contributed by atoms with van der Waals surface area (Å²) in [6, 6.07) is 9.22. The molecule has 9 heteroatoms. The number of anilines is 1. The summed E-state index contributed by atoms with van der Waals surface area (Å²) in [5.74, 6) is 0.827. The van der Waals surface area contributed by atoms with E-state index in [4.69, 9.17) is 8.78 Å². The maximum absolute atomic E-state index is 10.00. The number of hydrogen-bond acceptors (Lipinski definition) is 7. The number of hydrogen-bond donors (Lipinski definition) is 4. The van der Waals surface area contributed by atoms with Crippen LogP contribution in [0.3, 0.4) is 0 Å². The van der Waals surface area contributed by atoms with Crippen LogP contribution in [0, 0.1) is 0 Å². The zero-order chi connectivity index (χ0) is 27.7. The number of aliphatic imine (C=N–C) groups is 1. The number of aliphatic hydroxyl groups excluding tert-OH is 1. The Morgan fingerprint density at radius 1 is 0.944 bits per heavy atom. The molecule has 0 aromatic heterocycles. The van der Waals surface area contributed by atoms with E-state index in [1.807, 2.05) is 32.0 Å². The fourth-order valence-electron chi connectivity index (χ4n) is 3.34. The van der Waals surface area contributed by atoms with Gasteiger partial charge in [0.05, 0.1) is 0 Å². The summed E-state index contributed by atoms with van der Waals surface area (Å²) in [4.78, 5) is 6.39. The standard InChI is InChI=1S/C15H24N3O2.C12H18O2.O.V/c1-3-18(4-2)14-6-5-13(15(20)11-14)12-17-8-7-16-9-10-19;1-7(2)9-5-10(8(3)4)12(14)11(13)6-9;;/h5-6,11-12,19-20H,3-4,7-10H2,1-2H3;5-8,13-14H,1-4H3;;/q-1;;;. The minimum absolute atomic E-state index is 0.0140. The Hall–Kier alpha value is -2.39. The molecule has 8 nitrogen and oxygen atoms in total. The van der Waals surface area contributed by atoms with E-state index in [-0.39, 0.29) is 29.8 Å². The molecule has 2 aromatic carbocycles. The van der Waals surface area contributed by atoms with Crippen LogP contribution in [-0.2, 0) is 21.0 Å². The average Bonchev–Trinajstić information content (AvgIpc) is 2.86. The van der Waals surface area contributed by atoms with Crippen LogP contribution < -0.4 is 4.90 Å². The molecule has 0 unspecified atom stereocenters. The Kier molecular flexibility index (Phi) is 17.6. The van der Waals surface area contributed by atoms with Gasteiger partial charge in [-0.1, -0.05) is 33.8 Å². The molecule has 0 fully saturated rings. The number of phenolic OH excluding ortho intramolecular Hbond substituents is 3. The van der Waals surface area contributed by atoms with Gasteiger partial charge in [-0.05, 0) is 49.4 Å². The second-order valence-electron chi connectivity index (χ2n) is 8.63. The summed E-state index contributed by atoms with van der Waals surface area (Å²) < 4.78 is 8.19. The molecule has 0 amide bonds. The van der Waals surface area contributed by atoms with Crippen molar-refractivity contribution in [1.29, 1.82) is 0 Å². The molecule has 0 radical (unpaired) electrons. The van der Waals surface area contributed by atoms with Crippen molar-refractivity contribution in [3.8, 4) is 17.2 Å². The van der Waals surface area contributed by atoms with Gasteiger partial charge < -0.3 is 30.6 Å². The van der Waals surface area contributed by atoms with Gasteiger partial charge in [-0.2, -0.15) is 0 Å². The Morgan fingerprint density at radius 2 is 1.58 bits per heavy atom. The molecule has 0 heterocycles. The molecule has 0 spiro atoms. The van der Waals surface area contributed by atoms with E-state index in [9.17, 15) is 15.3 Å². The van der Waals surface area contributed by atoms with Crippen LogP contribution in [0.5, 0.6) is 17.2 Å². The third kappa shape index (κ3) is 11.6. The normalized spacial score (nSPS) is 10.7. The Balaban J connectivity index is 0.000000671. The summed E-state index contributed by atoms with van der Waals surface area (Å²) in [7, 11) is 0. The van der Waals surface area contributed by atoms with Crippen LogP contribution in [0.1, 0.15) is 70.1 Å². The van der Waals surface area contributed by atoms with E-state index >= 15 is 0 Å². The predicted octanol–water partition coefficient (Wildman–Crippen LogP) is 5.25. The fourth-order valence-corrected chi connectivity index (χ4v) is 3.34. The fraction of sp³-hybridized carbons (Fsp3) is 0.519. The van der Waals surface area contributed by atoms with Crippen molar-refractivity contribution in [3.05, 3.63) is 52.3 Å². The molecule has 201 valence electrons. The van der Waals surface area contributed by atoms with Crippen molar-refractivity contribution >= 4 is 11.9 Å². The molecule has 2 rings (SSSR count). The Bertz CT molecular complexity index is 919. The zero-order valence-electron chi connectivity index (χ0n) is 22.3. The van der Waals surface area contributed by atoms with Gasteiger partial charge in [0, 0.05) is 55.3 Å². The molecule has 0 atom stereocenters. The van der Waals surface area contributed by atoms with Gasteiger partial charge in [0.15, 0.2) is 11.5 Å². The molecular weight excluding hydrogens is 497 g/mol. The van der Waals surface area contributed by atoms with Crippen molar-refractivity contribution in [2.75, 3.05) is 44.2 Å². The molecule has 0 aliphatic rings. The number of aliphatic hydroxyl groups is 1. The topological polar surface area (TPSA) is 128 Å². The van der Waals surface area contributed by atoms with E-state index in [0.717, 1.165) is 47.3 Å². The molecule has 0 saturated heterocycles. The van der Waals surface area contributed by atoms with E-state index < -0.39 is 0 Å². The second-order valence-corrected chi connectivity index (χ2v) is 8.63. The molecule has 0 aliphatic heterocycles. The van der Waals surface area contributed by atoms with Crippen molar-refractivity contribution in [2.45, 2.75) is 53.4 Å². The molecule has 36 heavy (non-hydrogen) atoms. The first kappa shape index (κ1) is 33.6. The SMILES string of the molecule is CC(C)c1cc(O)c(O)c(C(C)C)c1.CCN(CC)c1ccc(C=NCC[N-]CCO)c(O)c1.[O]=[V]. The number of phenols is 3. The molecular formula is C27H42N3O5V-. The maximum atomic E-state index is 10.00. The van der Waals surface area contributed by atoms with E-state index in [1.54, 1.807) is 18.3 Å². The van der Waals surface area contributed by atoms with Crippen molar-refractivity contribution in [3.63, 3.8) is 0 Å². The first-order valence-electron chi connectivity index (χ1n) is 12.2. The summed E-state index contributed by atoms with van der Waals surface area (Å²) >= 11 is 1.06. The van der Waals surface area contributed by atoms with Gasteiger partial charge in [-0.3, -0.25) is 4.99 Å². The van der Waals surface area contributed by atoms with Gasteiger partial charge in [0.25, 0.3) is 0 Å². The Labute approximate surface area is 225 Å². The van der Waals surface area contributed by atoms with Crippen LogP contribution in [-0.4, -0.2) is 66.0 Å². The van der Waals surface area contributed by atoms with Crippen molar-refractivity contribution in [2.24, 2.45) is 4.99 Å². The molecule has 0 bridgehead atoms. The van der Waals surface area contributed by atoms with Gasteiger partial charge in [0.2, 0.25) is 0 Å². The predicted molar refractivity (Wildman–Crippen MR) is 143 cm³/mol. The van der Waals surface area contributed by atoms with Crippen LogP contribution in [0.2, 0.25) is 0 Å². The number of aromatic hydroxyl groups is 3. The molecule has 2 aromatic rings. The monoisotopic (exact) mass is 539 g/mol. The van der Waals surface area contributed by atoms with Crippen LogP contribution in [0.25, 0.3) is 5.32 Å². The summed E-state index contributed by atoms with van der Waals surface area (Å²) in [5, 5.41) is 41.8. The quantitative estimate of drug-likeness (QED) is 0.176. The van der Waals surface area contributed by atoms with E-state index in [2.05, 4.69) is 42.9 Å². The minimum atomic E-state index is -0.0140. The van der Waals surface area contributed by atoms with Crippen LogP contribution in [0.15, 0.2) is 35.3 Å². The first-order chi connectivity index (χ1) is 17.2. The average molecular weight is 540 g/mol. The third-order valence-corrected chi connectivity index (χ3v) is 5.45. The van der Waals surface area contributed by atoms with Crippen molar-refractivity contribution < 1.29 is 41.5 Å². The second kappa shape index (κ2) is 18.8. The third-order valence-electron chi connectivity index (χ3n) is 5.45. The first-order valence-corrected chi connectivity index (χ1v) is 12.8. The van der Waals surface area contributed by atoms with E-state index in [1.165, 1.54) is 0 Å². The molecule has 4 N–H and O–H groups in total. The summed E-state index contributed by atoms with van der Waals surface area (Å²) in [6.07, 6.45) is 1.66. The molecule has 0 aliphatic carbocycles. The zero-order valence-corrected chi connectivity index (χ0v) is 23.7. The van der Waals surface area contributed by atoms with Crippen LogP contribution in [0.4, 0.5) is 5.69 Å². The van der Waals surface area contributed by atoms with E-state index in [0.29, 0.717) is 31.1 Å². The molecule has 0 saturated carbocycles. The van der Waals surface area contributed by atoms with Crippen molar-refractivity contribution in [1.82, 2.24) is 0 Å². The number of nitrogens with zero attached hydrogens (tertiary/aromatic N) is 3. The van der Waals surface area contributed by atoms with Gasteiger partial charge in [-0.15, -0.1) is 13.1 Å². The number of rotatable bonds is 11. The summed E-state index contributed by atoms with van der Waals surface area (Å²) in [5.41, 5.74) is 3.60. The number of benzene rings is 2. The Morgan fingerprint density at radius 3 is 2.08 bits per heavy atom. The summed E-state index contributed by atoms with van der Waals surface area (Å²) in [6.45, 7) is 15.8. The van der Waals surface area contributed by atoms with Gasteiger partial charge in [-0.25, -0.2) is 0 Å². The van der Waals surface area contributed by atoms with Gasteiger partial charge >= 0.3 is 21.0 Å². The van der Waals surface area contributed by atoms with Crippen LogP contribution >= 0.6 is 0 Å².